The standard InChI is InChI=1S/C5H6O4.Ba/c1-3(5(8)9)2-4(6)7;/h1-2H2,(H,6,7)(H,8,9);/q;+2/p-2. The van der Waals surface area contributed by atoms with Crippen LogP contribution in [0.2, 0.25) is 0 Å². The van der Waals surface area contributed by atoms with Crippen LogP contribution in [0.4, 0.5) is 0 Å². The van der Waals surface area contributed by atoms with Crippen LogP contribution in [0.1, 0.15) is 6.42 Å². The predicted molar refractivity (Wildman–Crippen MR) is 29.5 cm³/mol. The number of carbonyl (C=O) groups excluding carboxylic acids is 2. The van der Waals surface area contributed by atoms with Crippen LogP contribution in [-0.2, 0) is 9.59 Å². The van der Waals surface area contributed by atoms with E-state index >= 15 is 0 Å². The minimum Gasteiger partial charge on any atom is -0.550 e. The zero-order valence-electron chi connectivity index (χ0n) is 5.25. The molecule has 0 rings (SSSR count). The normalized spacial score (nSPS) is 7.60. The molecule has 4 nitrogen and oxygen atoms in total. The van der Waals surface area contributed by atoms with Crippen molar-refractivity contribution in [2.75, 3.05) is 0 Å². The topological polar surface area (TPSA) is 80.3 Å². The van der Waals surface area contributed by atoms with E-state index in [1.165, 1.54) is 0 Å². The van der Waals surface area contributed by atoms with Crippen LogP contribution < -0.4 is 10.2 Å². The SMILES string of the molecule is C=C(CC(=O)[O-])C(=O)[O-].[Ba+2]. The van der Waals surface area contributed by atoms with Gasteiger partial charge in [-0.2, -0.15) is 0 Å². The molecule has 0 bridgehead atoms. The second-order valence-corrected chi connectivity index (χ2v) is 1.44. The summed E-state index contributed by atoms with van der Waals surface area (Å²) < 4.78 is 0. The van der Waals surface area contributed by atoms with Crippen LogP contribution in [-0.4, -0.2) is 60.8 Å². The fourth-order valence-electron chi connectivity index (χ4n) is 0.246. The number of carbonyl (C=O) groups is 2. The first kappa shape index (κ1) is 12.9. The maximum atomic E-state index is 9.73. The number of rotatable bonds is 3. The first-order valence-electron chi connectivity index (χ1n) is 2.13. The van der Waals surface area contributed by atoms with Crippen molar-refractivity contribution in [3.05, 3.63) is 12.2 Å². The minimum atomic E-state index is -1.56. The summed E-state index contributed by atoms with van der Waals surface area (Å²) in [7, 11) is 0. The Bertz CT molecular complexity index is 163. The van der Waals surface area contributed by atoms with Crippen LogP contribution in [0.25, 0.3) is 0 Å². The fraction of sp³-hybridized carbons (Fsp3) is 0.200. The third-order valence-electron chi connectivity index (χ3n) is 0.646. The van der Waals surface area contributed by atoms with E-state index in [-0.39, 0.29) is 48.9 Å². The van der Waals surface area contributed by atoms with E-state index < -0.39 is 23.9 Å². The van der Waals surface area contributed by atoms with Gasteiger partial charge in [-0.15, -0.1) is 0 Å². The van der Waals surface area contributed by atoms with E-state index in [0.717, 1.165) is 0 Å². The molecule has 10 heavy (non-hydrogen) atoms. The molecular formula is C5H4BaO4. The molecular weight excluding hydrogens is 261 g/mol. The van der Waals surface area contributed by atoms with Crippen molar-refractivity contribution in [3.63, 3.8) is 0 Å². The third kappa shape index (κ3) is 6.37. The van der Waals surface area contributed by atoms with E-state index in [1.807, 2.05) is 0 Å². The van der Waals surface area contributed by atoms with Crippen LogP contribution >= 0.6 is 0 Å². The van der Waals surface area contributed by atoms with Gasteiger partial charge in [0.1, 0.15) is 0 Å². The molecule has 0 saturated carbocycles. The molecule has 0 amide bonds. The molecule has 0 aromatic rings. The monoisotopic (exact) mass is 266 g/mol. The van der Waals surface area contributed by atoms with Crippen molar-refractivity contribution in [1.82, 2.24) is 0 Å². The largest absolute Gasteiger partial charge is 2.00 e. The van der Waals surface area contributed by atoms with Gasteiger partial charge in [-0.1, -0.05) is 6.58 Å². The van der Waals surface area contributed by atoms with E-state index in [2.05, 4.69) is 6.58 Å². The van der Waals surface area contributed by atoms with Gasteiger partial charge >= 0.3 is 48.9 Å². The summed E-state index contributed by atoms with van der Waals surface area (Å²) in [5.41, 5.74) is -0.477. The molecule has 0 aliphatic heterocycles. The molecule has 5 heteroatoms. The molecule has 0 fully saturated rings. The molecule has 0 atom stereocenters. The van der Waals surface area contributed by atoms with Crippen molar-refractivity contribution < 1.29 is 19.8 Å². The summed E-state index contributed by atoms with van der Waals surface area (Å²) in [5, 5.41) is 19.4. The molecule has 50 valence electrons. The Kier molecular flexibility index (Phi) is 7.72. The van der Waals surface area contributed by atoms with E-state index in [9.17, 15) is 19.8 Å². The van der Waals surface area contributed by atoms with Gasteiger partial charge in [0.25, 0.3) is 0 Å². The molecule has 0 N–H and O–H groups in total. The van der Waals surface area contributed by atoms with Crippen molar-refractivity contribution in [1.29, 1.82) is 0 Å². The first-order chi connectivity index (χ1) is 4.04. The summed E-state index contributed by atoms with van der Waals surface area (Å²) in [6.07, 6.45) is -0.678. The summed E-state index contributed by atoms with van der Waals surface area (Å²) in [6, 6.07) is 0. The van der Waals surface area contributed by atoms with Crippen LogP contribution in [0.15, 0.2) is 12.2 Å². The minimum absolute atomic E-state index is 0. The average Bonchev–Trinajstić information content (AvgIpc) is 1.63. The maximum Gasteiger partial charge on any atom is 2.00 e. The fourth-order valence-corrected chi connectivity index (χ4v) is 0.246. The molecule has 0 aromatic carbocycles. The Labute approximate surface area is 98.0 Å². The van der Waals surface area contributed by atoms with Gasteiger partial charge in [0, 0.05) is 12.4 Å². The number of hydrogen-bond acceptors (Lipinski definition) is 4. The Balaban J connectivity index is 0. The van der Waals surface area contributed by atoms with E-state index in [1.54, 1.807) is 0 Å². The first-order valence-corrected chi connectivity index (χ1v) is 2.13. The summed E-state index contributed by atoms with van der Waals surface area (Å²) >= 11 is 0. The number of aliphatic carboxylic acids is 2. The molecule has 0 heterocycles. The van der Waals surface area contributed by atoms with Crippen molar-refractivity contribution in [2.24, 2.45) is 0 Å². The van der Waals surface area contributed by atoms with E-state index in [0.29, 0.717) is 0 Å². The van der Waals surface area contributed by atoms with Crippen LogP contribution in [0, 0.1) is 0 Å². The molecule has 0 spiro atoms. The van der Waals surface area contributed by atoms with Crippen LogP contribution in [0.5, 0.6) is 0 Å². The van der Waals surface area contributed by atoms with E-state index in [4.69, 9.17) is 0 Å². The Morgan fingerprint density at radius 3 is 1.80 bits per heavy atom. The number of hydrogen-bond donors (Lipinski definition) is 0. The number of carboxylic acids is 2. The van der Waals surface area contributed by atoms with Gasteiger partial charge in [-0.3, -0.25) is 0 Å². The Hall–Kier alpha value is 0.251. The molecule has 0 saturated heterocycles. The smallest absolute Gasteiger partial charge is 0.550 e. The molecule has 0 aliphatic carbocycles. The van der Waals surface area contributed by atoms with Crippen molar-refractivity contribution in [3.8, 4) is 0 Å². The number of carboxylic acid groups (broad SMARTS) is 2. The average molecular weight is 265 g/mol. The van der Waals surface area contributed by atoms with Crippen molar-refractivity contribution in [2.45, 2.75) is 6.42 Å². The van der Waals surface area contributed by atoms with Gasteiger partial charge < -0.3 is 19.8 Å². The zero-order chi connectivity index (χ0) is 7.44. The Morgan fingerprint density at radius 2 is 1.70 bits per heavy atom. The molecule has 0 aromatic heterocycles. The second-order valence-electron chi connectivity index (χ2n) is 1.44. The predicted octanol–water partition coefficient (Wildman–Crippen LogP) is -2.95. The van der Waals surface area contributed by atoms with Crippen LogP contribution in [0.3, 0.4) is 0 Å². The molecule has 0 aliphatic rings. The summed E-state index contributed by atoms with van der Waals surface area (Å²) in [6.45, 7) is 2.91. The third-order valence-corrected chi connectivity index (χ3v) is 0.646. The Morgan fingerprint density at radius 1 is 1.30 bits per heavy atom. The molecule has 0 unspecified atom stereocenters. The van der Waals surface area contributed by atoms with Gasteiger partial charge in [-0.25, -0.2) is 0 Å². The zero-order valence-corrected chi connectivity index (χ0v) is 9.70. The van der Waals surface area contributed by atoms with Gasteiger partial charge in [-0.05, 0) is 5.57 Å². The quantitative estimate of drug-likeness (QED) is 0.404. The summed E-state index contributed by atoms with van der Waals surface area (Å²) in [5.74, 6) is -3.02. The van der Waals surface area contributed by atoms with Crippen molar-refractivity contribution >= 4 is 60.8 Å². The van der Waals surface area contributed by atoms with Gasteiger partial charge in [0.05, 0.1) is 5.97 Å². The van der Waals surface area contributed by atoms with Gasteiger partial charge in [0.15, 0.2) is 0 Å². The van der Waals surface area contributed by atoms with Gasteiger partial charge in [0.2, 0.25) is 0 Å². The maximum absolute atomic E-state index is 9.73. The molecule has 0 radical (unpaired) electrons. The second kappa shape index (κ2) is 5.99. The summed E-state index contributed by atoms with van der Waals surface area (Å²) in [4.78, 5) is 19.4.